The Bertz CT molecular complexity index is 806. The van der Waals surface area contributed by atoms with Crippen molar-refractivity contribution in [1.82, 2.24) is 0 Å². The summed E-state index contributed by atoms with van der Waals surface area (Å²) in [5.41, 5.74) is 5.46. The van der Waals surface area contributed by atoms with Gasteiger partial charge in [0.1, 0.15) is 0 Å². The molecule has 2 aromatic carbocycles. The Morgan fingerprint density at radius 1 is 0.815 bits per heavy atom. The summed E-state index contributed by atoms with van der Waals surface area (Å²) in [6, 6.07) is 20.0. The molecule has 0 fully saturated rings. The largest absolute Gasteiger partial charge is 0.359 e. The lowest BCUT2D eigenvalue weighted by atomic mass is 9.68. The molecule has 0 spiro atoms. The van der Waals surface area contributed by atoms with E-state index in [1.165, 1.54) is 47.9 Å². The highest BCUT2D eigenvalue weighted by atomic mass is 16.5. The van der Waals surface area contributed by atoms with E-state index in [-0.39, 0.29) is 11.2 Å². The summed E-state index contributed by atoms with van der Waals surface area (Å²) in [5, 5.41) is 0. The molecule has 2 aliphatic rings. The second kappa shape index (κ2) is 7.64. The molecule has 2 heterocycles. The van der Waals surface area contributed by atoms with Crippen LogP contribution in [0.5, 0.6) is 0 Å². The average Bonchev–Trinajstić information content (AvgIpc) is 2.71. The van der Waals surface area contributed by atoms with E-state index < -0.39 is 0 Å². The van der Waals surface area contributed by atoms with E-state index in [1.807, 2.05) is 0 Å². The zero-order valence-corrected chi connectivity index (χ0v) is 16.8. The Morgan fingerprint density at radius 2 is 1.52 bits per heavy atom. The first-order valence-electron chi connectivity index (χ1n) is 10.8. The van der Waals surface area contributed by atoms with Crippen LogP contribution < -0.4 is 0 Å². The smallest absolute Gasteiger partial charge is 0.0986 e. The molecule has 0 amide bonds. The molecule has 2 aliphatic heterocycles. The van der Waals surface area contributed by atoms with Crippen LogP contribution in [0.2, 0.25) is 0 Å². The van der Waals surface area contributed by atoms with E-state index in [0.29, 0.717) is 0 Å². The molecular weight excluding hydrogens is 328 g/mol. The topological polar surface area (TPSA) is 9.23 Å². The van der Waals surface area contributed by atoms with Crippen molar-refractivity contribution in [3.63, 3.8) is 0 Å². The molecule has 0 saturated heterocycles. The van der Waals surface area contributed by atoms with Gasteiger partial charge < -0.3 is 4.74 Å². The van der Waals surface area contributed by atoms with Gasteiger partial charge in [0.05, 0.1) is 11.2 Å². The van der Waals surface area contributed by atoms with E-state index in [1.54, 1.807) is 0 Å². The van der Waals surface area contributed by atoms with Gasteiger partial charge in [-0.2, -0.15) is 0 Å². The van der Waals surface area contributed by atoms with Crippen molar-refractivity contribution in [2.24, 2.45) is 0 Å². The van der Waals surface area contributed by atoms with E-state index in [2.05, 4.69) is 74.5 Å². The van der Waals surface area contributed by atoms with Crippen molar-refractivity contribution in [3.05, 3.63) is 77.4 Å². The number of unbranched alkanes of at least 4 members (excludes halogenated alkanes) is 2. The first-order chi connectivity index (χ1) is 13.2. The summed E-state index contributed by atoms with van der Waals surface area (Å²) < 4.78 is 7.10. The molecule has 0 saturated carbocycles. The van der Waals surface area contributed by atoms with Gasteiger partial charge in [0.2, 0.25) is 0 Å². The lowest BCUT2D eigenvalue weighted by molar-refractivity contribution is -0.164. The summed E-state index contributed by atoms with van der Waals surface area (Å²) in [7, 11) is 0. The first-order valence-corrected chi connectivity index (χ1v) is 10.8. The highest BCUT2D eigenvalue weighted by molar-refractivity contribution is 5.70. The van der Waals surface area contributed by atoms with Gasteiger partial charge in [-0.05, 0) is 41.2 Å². The molecule has 0 aliphatic carbocycles. The molecule has 1 heteroatoms. The fraction of sp³-hybridized carbons (Fsp3) is 0.462. The van der Waals surface area contributed by atoms with Crippen molar-refractivity contribution >= 4 is 5.57 Å². The van der Waals surface area contributed by atoms with Crippen molar-refractivity contribution in [2.45, 2.75) is 76.4 Å². The molecule has 2 atom stereocenters. The Morgan fingerprint density at radius 3 is 2.30 bits per heavy atom. The molecule has 1 nitrogen and oxygen atoms in total. The molecule has 27 heavy (non-hydrogen) atoms. The van der Waals surface area contributed by atoms with Crippen molar-refractivity contribution in [1.29, 1.82) is 0 Å². The maximum atomic E-state index is 7.10. The van der Waals surface area contributed by atoms with Crippen LogP contribution in [0.4, 0.5) is 0 Å². The maximum Gasteiger partial charge on any atom is 0.0986 e. The predicted molar refractivity (Wildman–Crippen MR) is 114 cm³/mol. The third-order valence-corrected chi connectivity index (χ3v) is 6.34. The molecule has 0 N–H and O–H groups in total. The monoisotopic (exact) mass is 360 g/mol. The van der Waals surface area contributed by atoms with Crippen molar-refractivity contribution < 1.29 is 4.74 Å². The molecule has 2 bridgehead atoms. The maximum absolute atomic E-state index is 7.10. The first kappa shape index (κ1) is 18.5. The standard InChI is InChI=1S/C26H32O/c1-3-5-16-25-18-22-14-10-11-15-24(22)26(27-25,17-6-4-2)20-23(19-25)21-12-8-7-9-13-21/h7-15,19H,3-6,16-18,20H2,1-2H3. The minimum atomic E-state index is -0.168. The van der Waals surface area contributed by atoms with Gasteiger partial charge in [0, 0.05) is 12.8 Å². The number of fused-ring (bicyclic) bond motifs is 4. The highest BCUT2D eigenvalue weighted by Crippen LogP contribution is 2.54. The van der Waals surface area contributed by atoms with Crippen LogP contribution in [0.3, 0.4) is 0 Å². The van der Waals surface area contributed by atoms with Crippen molar-refractivity contribution in [3.8, 4) is 0 Å². The molecule has 0 aromatic heterocycles. The molecule has 2 aromatic rings. The van der Waals surface area contributed by atoms with Gasteiger partial charge >= 0.3 is 0 Å². The molecule has 4 rings (SSSR count). The van der Waals surface area contributed by atoms with Gasteiger partial charge in [-0.1, -0.05) is 94.1 Å². The van der Waals surface area contributed by atoms with Crippen LogP contribution in [-0.2, 0) is 16.8 Å². The van der Waals surface area contributed by atoms with Gasteiger partial charge in [0.25, 0.3) is 0 Å². The second-order valence-corrected chi connectivity index (χ2v) is 8.41. The molecular formula is C26H32O. The molecule has 142 valence electrons. The second-order valence-electron chi connectivity index (χ2n) is 8.41. The van der Waals surface area contributed by atoms with Crippen LogP contribution in [0.15, 0.2) is 60.7 Å². The Labute approximate surface area is 164 Å². The van der Waals surface area contributed by atoms with Gasteiger partial charge in [0.15, 0.2) is 0 Å². The number of hydrogen-bond donors (Lipinski definition) is 0. The lowest BCUT2D eigenvalue weighted by Gasteiger charge is -2.52. The van der Waals surface area contributed by atoms with Gasteiger partial charge in [-0.25, -0.2) is 0 Å². The third-order valence-electron chi connectivity index (χ3n) is 6.34. The average molecular weight is 361 g/mol. The van der Waals surface area contributed by atoms with Gasteiger partial charge in [-0.15, -0.1) is 0 Å². The number of ether oxygens (including phenoxy) is 1. The summed E-state index contributed by atoms with van der Waals surface area (Å²) in [4.78, 5) is 0. The minimum Gasteiger partial charge on any atom is -0.359 e. The van der Waals surface area contributed by atoms with Crippen LogP contribution in [-0.4, -0.2) is 5.60 Å². The zero-order valence-electron chi connectivity index (χ0n) is 16.8. The van der Waals surface area contributed by atoms with E-state index in [4.69, 9.17) is 4.74 Å². The van der Waals surface area contributed by atoms with E-state index in [9.17, 15) is 0 Å². The summed E-state index contributed by atoms with van der Waals surface area (Å²) in [6.07, 6.45) is 11.5. The molecule has 0 radical (unpaired) electrons. The van der Waals surface area contributed by atoms with E-state index >= 15 is 0 Å². The van der Waals surface area contributed by atoms with Crippen LogP contribution >= 0.6 is 0 Å². The predicted octanol–water partition coefficient (Wildman–Crippen LogP) is 7.06. The fourth-order valence-corrected chi connectivity index (χ4v) is 5.07. The molecule has 2 unspecified atom stereocenters. The fourth-order valence-electron chi connectivity index (χ4n) is 5.07. The summed E-state index contributed by atoms with van der Waals surface area (Å²) in [6.45, 7) is 4.56. The Balaban J connectivity index is 1.84. The lowest BCUT2D eigenvalue weighted by Crippen LogP contribution is -2.51. The normalized spacial score (nSPS) is 26.4. The quantitative estimate of drug-likeness (QED) is 0.513. The SMILES string of the molecule is CCCCC12C=C(c3ccccc3)CC(CCCC)(O1)c1ccccc1C2. The summed E-state index contributed by atoms with van der Waals surface area (Å²) in [5.74, 6) is 0. The van der Waals surface area contributed by atoms with Crippen LogP contribution in [0, 0.1) is 0 Å². The zero-order chi connectivity index (χ0) is 18.7. The number of hydrogen-bond acceptors (Lipinski definition) is 1. The van der Waals surface area contributed by atoms with E-state index in [0.717, 1.165) is 25.7 Å². The van der Waals surface area contributed by atoms with Crippen LogP contribution in [0.1, 0.15) is 75.5 Å². The Kier molecular flexibility index (Phi) is 5.23. The van der Waals surface area contributed by atoms with Crippen molar-refractivity contribution in [2.75, 3.05) is 0 Å². The Hall–Kier alpha value is -1.86. The third kappa shape index (κ3) is 3.50. The number of benzene rings is 2. The van der Waals surface area contributed by atoms with Crippen LogP contribution in [0.25, 0.3) is 5.57 Å². The number of rotatable bonds is 7. The highest BCUT2D eigenvalue weighted by Gasteiger charge is 2.50. The summed E-state index contributed by atoms with van der Waals surface area (Å²) >= 11 is 0. The van der Waals surface area contributed by atoms with Gasteiger partial charge in [-0.3, -0.25) is 0 Å². The minimum absolute atomic E-state index is 0.151.